The van der Waals surface area contributed by atoms with Gasteiger partial charge in [-0.05, 0) is 0 Å². The highest BCUT2D eigenvalue weighted by Gasteiger charge is 2.09. The lowest BCUT2D eigenvalue weighted by Gasteiger charge is -2.04. The predicted molar refractivity (Wildman–Crippen MR) is 48.6 cm³/mol. The average molecular weight is 221 g/mol. The number of carboxylic acids is 1. The predicted octanol–water partition coefficient (Wildman–Crippen LogP) is -0.944. The Hall–Kier alpha value is -1.56. The maximum absolute atomic E-state index is 10.9. The Morgan fingerprint density at radius 2 is 1.86 bits per heavy atom. The van der Waals surface area contributed by atoms with Crippen molar-refractivity contribution in [1.29, 1.82) is 0 Å². The Labute approximate surface area is 84.9 Å². The van der Waals surface area contributed by atoms with Crippen LogP contribution < -0.4 is 10.6 Å². The summed E-state index contributed by atoms with van der Waals surface area (Å²) < 4.78 is 0. The molecule has 0 aliphatic rings. The summed E-state index contributed by atoms with van der Waals surface area (Å²) in [5, 5.41) is 12.5. The van der Waals surface area contributed by atoms with Crippen molar-refractivity contribution < 1.29 is 19.5 Å². The van der Waals surface area contributed by atoms with Crippen molar-refractivity contribution in [2.24, 2.45) is 0 Å². The third kappa shape index (κ3) is 5.15. The first-order valence-electron chi connectivity index (χ1n) is 3.52. The van der Waals surface area contributed by atoms with Crippen LogP contribution in [0.1, 0.15) is 0 Å². The van der Waals surface area contributed by atoms with Gasteiger partial charge in [0.25, 0.3) is 0 Å². The van der Waals surface area contributed by atoms with Crippen LogP contribution in [0.4, 0.5) is 0 Å². The summed E-state index contributed by atoms with van der Waals surface area (Å²) in [6, 6.07) is 0. The summed E-state index contributed by atoms with van der Waals surface area (Å²) in [6.07, 6.45) is 0. The molecule has 0 aromatic heterocycles. The Kier molecular flexibility index (Phi) is 5.31. The SMILES string of the molecule is C=C(NC(=O)CNC(=O)CCl)C(=O)O. The monoisotopic (exact) mass is 220 g/mol. The Bertz CT molecular complexity index is 277. The number of carbonyl (C=O) groups excluding carboxylic acids is 2. The number of carbonyl (C=O) groups is 3. The molecule has 6 nitrogen and oxygen atoms in total. The van der Waals surface area contributed by atoms with Crippen molar-refractivity contribution >= 4 is 29.4 Å². The summed E-state index contributed by atoms with van der Waals surface area (Å²) in [5.41, 5.74) is -0.449. The van der Waals surface area contributed by atoms with E-state index in [9.17, 15) is 14.4 Å². The number of carboxylic acid groups (broad SMARTS) is 1. The zero-order chi connectivity index (χ0) is 11.1. The fourth-order valence-electron chi connectivity index (χ4n) is 0.492. The van der Waals surface area contributed by atoms with Crippen LogP contribution in [0, 0.1) is 0 Å². The van der Waals surface area contributed by atoms with Crippen LogP contribution in [-0.4, -0.2) is 35.3 Å². The molecule has 0 fully saturated rings. The van der Waals surface area contributed by atoms with Crippen molar-refractivity contribution in [2.45, 2.75) is 0 Å². The van der Waals surface area contributed by atoms with Gasteiger partial charge in [-0.3, -0.25) is 9.59 Å². The third-order valence-electron chi connectivity index (χ3n) is 1.12. The lowest BCUT2D eigenvalue weighted by molar-refractivity contribution is -0.134. The van der Waals surface area contributed by atoms with Crippen LogP contribution in [0.15, 0.2) is 12.3 Å². The van der Waals surface area contributed by atoms with Crippen LogP contribution in [0.25, 0.3) is 0 Å². The van der Waals surface area contributed by atoms with Gasteiger partial charge in [-0.2, -0.15) is 0 Å². The first-order chi connectivity index (χ1) is 6.47. The average Bonchev–Trinajstić information content (AvgIpc) is 2.13. The molecule has 2 amide bonds. The van der Waals surface area contributed by atoms with Gasteiger partial charge in [0.15, 0.2) is 0 Å². The van der Waals surface area contributed by atoms with Crippen molar-refractivity contribution in [3.63, 3.8) is 0 Å². The molecule has 0 radical (unpaired) electrons. The molecule has 0 atom stereocenters. The maximum atomic E-state index is 10.9. The molecule has 0 saturated carbocycles. The van der Waals surface area contributed by atoms with E-state index in [1.807, 2.05) is 5.32 Å². The van der Waals surface area contributed by atoms with E-state index in [0.717, 1.165) is 0 Å². The van der Waals surface area contributed by atoms with E-state index < -0.39 is 23.5 Å². The van der Waals surface area contributed by atoms with Crippen molar-refractivity contribution in [2.75, 3.05) is 12.4 Å². The van der Waals surface area contributed by atoms with E-state index >= 15 is 0 Å². The number of rotatable bonds is 5. The van der Waals surface area contributed by atoms with Gasteiger partial charge in [0.2, 0.25) is 11.8 Å². The highest BCUT2D eigenvalue weighted by molar-refractivity contribution is 6.27. The molecule has 14 heavy (non-hydrogen) atoms. The molecule has 0 aromatic rings. The second-order valence-corrected chi connectivity index (χ2v) is 2.51. The largest absolute Gasteiger partial charge is 0.477 e. The summed E-state index contributed by atoms with van der Waals surface area (Å²) in [7, 11) is 0. The second kappa shape index (κ2) is 5.98. The Balaban J connectivity index is 3.82. The molecule has 0 heterocycles. The summed E-state index contributed by atoms with van der Waals surface area (Å²) in [5.74, 6) is -2.77. The normalized spacial score (nSPS) is 8.93. The van der Waals surface area contributed by atoms with Crippen molar-refractivity contribution in [3.05, 3.63) is 12.3 Å². The van der Waals surface area contributed by atoms with Crippen LogP contribution in [-0.2, 0) is 14.4 Å². The van der Waals surface area contributed by atoms with Crippen molar-refractivity contribution in [1.82, 2.24) is 10.6 Å². The van der Waals surface area contributed by atoms with Crippen LogP contribution >= 0.6 is 11.6 Å². The van der Waals surface area contributed by atoms with Gasteiger partial charge in [0, 0.05) is 0 Å². The van der Waals surface area contributed by atoms with E-state index in [1.165, 1.54) is 0 Å². The Morgan fingerprint density at radius 3 is 2.29 bits per heavy atom. The number of halogens is 1. The van der Waals surface area contributed by atoms with Crippen LogP contribution in [0.5, 0.6) is 0 Å². The molecule has 78 valence electrons. The van der Waals surface area contributed by atoms with Crippen LogP contribution in [0.2, 0.25) is 0 Å². The number of amides is 2. The van der Waals surface area contributed by atoms with Gasteiger partial charge in [-0.15, -0.1) is 11.6 Å². The van der Waals surface area contributed by atoms with Crippen molar-refractivity contribution in [3.8, 4) is 0 Å². The molecule has 0 spiro atoms. The lowest BCUT2D eigenvalue weighted by Crippen LogP contribution is -2.38. The Morgan fingerprint density at radius 1 is 1.29 bits per heavy atom. The molecule has 0 bridgehead atoms. The van der Waals surface area contributed by atoms with Gasteiger partial charge in [0.1, 0.15) is 11.6 Å². The number of hydrogen-bond acceptors (Lipinski definition) is 3. The number of hydrogen-bond donors (Lipinski definition) is 3. The molecule has 0 aliphatic heterocycles. The fraction of sp³-hybridized carbons (Fsp3) is 0.286. The highest BCUT2D eigenvalue weighted by atomic mass is 35.5. The number of aliphatic carboxylic acids is 1. The molecular formula is C7H9ClN2O4. The van der Waals surface area contributed by atoms with Gasteiger partial charge in [-0.25, -0.2) is 4.79 Å². The molecule has 7 heteroatoms. The number of alkyl halides is 1. The lowest BCUT2D eigenvalue weighted by atomic mass is 10.4. The minimum Gasteiger partial charge on any atom is -0.477 e. The molecule has 0 unspecified atom stereocenters. The molecule has 3 N–H and O–H groups in total. The van der Waals surface area contributed by atoms with E-state index in [2.05, 4.69) is 11.9 Å². The quantitative estimate of drug-likeness (QED) is 0.411. The fourth-order valence-corrected chi connectivity index (χ4v) is 0.587. The topological polar surface area (TPSA) is 95.5 Å². The number of nitrogens with one attached hydrogen (secondary N) is 2. The standard InChI is InChI=1S/C7H9ClN2O4/c1-4(7(13)14)10-6(12)3-9-5(11)2-8/h1-3H2,(H,9,11)(H,10,12)(H,13,14). The van der Waals surface area contributed by atoms with Gasteiger partial charge in [-0.1, -0.05) is 6.58 Å². The first-order valence-corrected chi connectivity index (χ1v) is 4.05. The van der Waals surface area contributed by atoms with E-state index in [1.54, 1.807) is 0 Å². The summed E-state index contributed by atoms with van der Waals surface area (Å²) in [6.45, 7) is 2.74. The van der Waals surface area contributed by atoms with E-state index in [-0.39, 0.29) is 12.4 Å². The minimum atomic E-state index is -1.33. The van der Waals surface area contributed by atoms with Gasteiger partial charge >= 0.3 is 5.97 Å². The molecule has 0 aliphatic carbocycles. The zero-order valence-electron chi connectivity index (χ0n) is 7.17. The molecule has 0 saturated heterocycles. The van der Waals surface area contributed by atoms with E-state index in [4.69, 9.17) is 16.7 Å². The first kappa shape index (κ1) is 12.4. The van der Waals surface area contributed by atoms with Gasteiger partial charge in [0.05, 0.1) is 6.54 Å². The molecule has 0 rings (SSSR count). The van der Waals surface area contributed by atoms with Gasteiger partial charge < -0.3 is 15.7 Å². The summed E-state index contributed by atoms with van der Waals surface area (Å²) >= 11 is 5.14. The minimum absolute atomic E-state index is 0.257. The maximum Gasteiger partial charge on any atom is 0.351 e. The van der Waals surface area contributed by atoms with E-state index in [0.29, 0.717) is 0 Å². The second-order valence-electron chi connectivity index (χ2n) is 2.24. The molecule has 0 aromatic carbocycles. The smallest absolute Gasteiger partial charge is 0.351 e. The van der Waals surface area contributed by atoms with Crippen LogP contribution in [0.3, 0.4) is 0 Å². The third-order valence-corrected chi connectivity index (χ3v) is 1.36. The summed E-state index contributed by atoms with van der Waals surface area (Å²) in [4.78, 5) is 31.7. The molecular weight excluding hydrogens is 212 g/mol. The zero-order valence-corrected chi connectivity index (χ0v) is 7.93. The highest BCUT2D eigenvalue weighted by Crippen LogP contribution is 1.82.